The van der Waals surface area contributed by atoms with E-state index in [1.165, 1.54) is 16.9 Å². The number of nitrogens with zero attached hydrogens (tertiary/aromatic N) is 1. The average molecular weight is 424 g/mol. The van der Waals surface area contributed by atoms with Crippen molar-refractivity contribution in [1.29, 1.82) is 0 Å². The van der Waals surface area contributed by atoms with Crippen LogP contribution in [0.1, 0.15) is 39.0 Å². The summed E-state index contributed by atoms with van der Waals surface area (Å²) in [4.78, 5) is 29.4. The molecule has 7 heteroatoms. The summed E-state index contributed by atoms with van der Waals surface area (Å²) in [5.41, 5.74) is 4.64. The second-order valence-electron chi connectivity index (χ2n) is 6.83. The van der Waals surface area contributed by atoms with E-state index in [9.17, 15) is 9.59 Å². The van der Waals surface area contributed by atoms with E-state index >= 15 is 0 Å². The number of hydrogen-bond acceptors (Lipinski definition) is 6. The molecule has 0 spiro atoms. The molecule has 0 atom stereocenters. The summed E-state index contributed by atoms with van der Waals surface area (Å²) < 4.78 is 4.97. The quantitative estimate of drug-likeness (QED) is 0.512. The van der Waals surface area contributed by atoms with Crippen LogP contribution in [0.15, 0.2) is 48.5 Å². The molecule has 0 fully saturated rings. The zero-order valence-corrected chi connectivity index (χ0v) is 18.1. The van der Waals surface area contributed by atoms with Crippen LogP contribution in [0.2, 0.25) is 0 Å². The van der Waals surface area contributed by atoms with E-state index < -0.39 is 0 Å². The highest BCUT2D eigenvalue weighted by Crippen LogP contribution is 2.24. The summed E-state index contributed by atoms with van der Waals surface area (Å²) >= 11 is 1.29. The summed E-state index contributed by atoms with van der Waals surface area (Å²) in [5.74, 6) is -0.526. The van der Waals surface area contributed by atoms with Gasteiger partial charge in [-0.05, 0) is 50.1 Å². The number of aromatic nitrogens is 1. The number of thiazole rings is 1. The number of amides is 1. The number of benzene rings is 2. The van der Waals surface area contributed by atoms with Gasteiger partial charge in [-0.3, -0.25) is 14.9 Å². The molecule has 3 aromatic rings. The summed E-state index contributed by atoms with van der Waals surface area (Å²) in [6, 6.07) is 15.6. The first-order chi connectivity index (χ1) is 14.5. The Kier molecular flexibility index (Phi) is 7.19. The van der Waals surface area contributed by atoms with Gasteiger partial charge in [0.1, 0.15) is 0 Å². The number of anilines is 2. The van der Waals surface area contributed by atoms with Crippen LogP contribution in [-0.2, 0) is 22.5 Å². The number of ether oxygens (including phenoxy) is 1. The number of nitrogens with one attached hydrogen (secondary N) is 2. The molecule has 2 aromatic carbocycles. The van der Waals surface area contributed by atoms with Crippen LogP contribution in [-0.4, -0.2) is 23.5 Å². The van der Waals surface area contributed by atoms with E-state index in [0.717, 1.165) is 21.8 Å². The molecular weight excluding hydrogens is 398 g/mol. The highest BCUT2D eigenvalue weighted by molar-refractivity contribution is 7.16. The molecule has 0 radical (unpaired) electrons. The molecular formula is C23H25N3O3S. The summed E-state index contributed by atoms with van der Waals surface area (Å²) in [6.07, 6.45) is 0.162. The Labute approximate surface area is 180 Å². The van der Waals surface area contributed by atoms with Gasteiger partial charge in [0, 0.05) is 22.7 Å². The van der Waals surface area contributed by atoms with Crippen molar-refractivity contribution in [2.24, 2.45) is 0 Å². The number of para-hydroxylation sites is 1. The fourth-order valence-electron chi connectivity index (χ4n) is 2.90. The number of esters is 1. The maximum absolute atomic E-state index is 12.5. The van der Waals surface area contributed by atoms with Crippen molar-refractivity contribution in [3.63, 3.8) is 0 Å². The first-order valence-corrected chi connectivity index (χ1v) is 10.6. The third-order valence-corrected chi connectivity index (χ3v) is 5.64. The minimum absolute atomic E-state index is 0.162. The van der Waals surface area contributed by atoms with Gasteiger partial charge in [0.2, 0.25) is 0 Å². The van der Waals surface area contributed by atoms with Crippen LogP contribution in [0.25, 0.3) is 0 Å². The SMILES string of the molecule is CCOC(=O)Cc1sc(NC(=O)c2ccc(CNc3ccccc3C)cc2)nc1C. The van der Waals surface area contributed by atoms with Crippen LogP contribution in [0, 0.1) is 13.8 Å². The molecule has 0 bridgehead atoms. The van der Waals surface area contributed by atoms with Crippen molar-refractivity contribution in [2.75, 3.05) is 17.2 Å². The Balaban J connectivity index is 1.58. The fourth-order valence-corrected chi connectivity index (χ4v) is 3.84. The molecule has 3 rings (SSSR count). The monoisotopic (exact) mass is 423 g/mol. The third-order valence-electron chi connectivity index (χ3n) is 4.57. The van der Waals surface area contributed by atoms with Crippen molar-refractivity contribution >= 4 is 34.0 Å². The van der Waals surface area contributed by atoms with Gasteiger partial charge in [0.25, 0.3) is 5.91 Å². The maximum atomic E-state index is 12.5. The molecule has 0 saturated carbocycles. The number of carbonyl (C=O) groups is 2. The fraction of sp³-hybridized carbons (Fsp3) is 0.261. The van der Waals surface area contributed by atoms with E-state index in [-0.39, 0.29) is 18.3 Å². The first-order valence-electron chi connectivity index (χ1n) is 9.78. The normalized spacial score (nSPS) is 10.5. The van der Waals surface area contributed by atoms with Gasteiger partial charge in [-0.2, -0.15) is 0 Å². The topological polar surface area (TPSA) is 80.3 Å². The molecule has 6 nitrogen and oxygen atoms in total. The minimum Gasteiger partial charge on any atom is -0.466 e. The summed E-state index contributed by atoms with van der Waals surface area (Å²) in [5, 5.41) is 6.69. The van der Waals surface area contributed by atoms with Crippen molar-refractivity contribution in [2.45, 2.75) is 33.7 Å². The molecule has 1 amide bonds. The Hall–Kier alpha value is -3.19. The third kappa shape index (κ3) is 5.67. The predicted molar refractivity (Wildman–Crippen MR) is 120 cm³/mol. The van der Waals surface area contributed by atoms with Crippen LogP contribution in [0.4, 0.5) is 10.8 Å². The van der Waals surface area contributed by atoms with Crippen molar-refractivity contribution in [3.8, 4) is 0 Å². The predicted octanol–water partition coefficient (Wildman–Crippen LogP) is 4.73. The van der Waals surface area contributed by atoms with E-state index in [2.05, 4.69) is 28.6 Å². The van der Waals surface area contributed by atoms with Gasteiger partial charge in [-0.15, -0.1) is 11.3 Å². The Morgan fingerprint density at radius 3 is 2.50 bits per heavy atom. The molecule has 1 heterocycles. The van der Waals surface area contributed by atoms with Crippen LogP contribution in [0.3, 0.4) is 0 Å². The molecule has 2 N–H and O–H groups in total. The maximum Gasteiger partial charge on any atom is 0.311 e. The Morgan fingerprint density at radius 1 is 1.07 bits per heavy atom. The lowest BCUT2D eigenvalue weighted by Gasteiger charge is -2.09. The number of rotatable bonds is 8. The Bertz CT molecular complexity index is 1030. The standard InChI is InChI=1S/C23H25N3O3S/c1-4-29-21(27)13-20-16(3)25-23(30-20)26-22(28)18-11-9-17(10-12-18)14-24-19-8-6-5-7-15(19)2/h5-12,24H,4,13-14H2,1-3H3,(H,25,26,28). The zero-order chi connectivity index (χ0) is 21.5. The summed E-state index contributed by atoms with van der Waals surface area (Å²) in [7, 11) is 0. The Morgan fingerprint density at radius 2 is 1.80 bits per heavy atom. The summed E-state index contributed by atoms with van der Waals surface area (Å²) in [6.45, 7) is 6.67. The molecule has 0 aliphatic heterocycles. The highest BCUT2D eigenvalue weighted by Gasteiger charge is 2.15. The van der Waals surface area contributed by atoms with Crippen LogP contribution < -0.4 is 10.6 Å². The molecule has 0 unspecified atom stereocenters. The van der Waals surface area contributed by atoms with E-state index in [1.807, 2.05) is 37.3 Å². The number of hydrogen-bond donors (Lipinski definition) is 2. The smallest absolute Gasteiger partial charge is 0.311 e. The lowest BCUT2D eigenvalue weighted by molar-refractivity contribution is -0.142. The zero-order valence-electron chi connectivity index (χ0n) is 17.3. The van der Waals surface area contributed by atoms with Gasteiger partial charge < -0.3 is 10.1 Å². The van der Waals surface area contributed by atoms with Gasteiger partial charge in [-0.1, -0.05) is 30.3 Å². The second kappa shape index (κ2) is 10.0. The molecule has 0 aliphatic rings. The molecule has 1 aromatic heterocycles. The lowest BCUT2D eigenvalue weighted by atomic mass is 10.1. The number of carbonyl (C=O) groups excluding carboxylic acids is 2. The van der Waals surface area contributed by atoms with Gasteiger partial charge in [0.05, 0.1) is 18.7 Å². The number of aryl methyl sites for hydroxylation is 2. The second-order valence-corrected chi connectivity index (χ2v) is 7.91. The van der Waals surface area contributed by atoms with Crippen molar-refractivity contribution in [3.05, 3.63) is 75.8 Å². The van der Waals surface area contributed by atoms with E-state index in [1.54, 1.807) is 19.1 Å². The molecule has 30 heavy (non-hydrogen) atoms. The van der Waals surface area contributed by atoms with Crippen molar-refractivity contribution in [1.82, 2.24) is 4.98 Å². The van der Waals surface area contributed by atoms with Gasteiger partial charge >= 0.3 is 5.97 Å². The lowest BCUT2D eigenvalue weighted by Crippen LogP contribution is -2.11. The first kappa shape index (κ1) is 21.5. The van der Waals surface area contributed by atoms with Crippen LogP contribution in [0.5, 0.6) is 0 Å². The van der Waals surface area contributed by atoms with E-state index in [0.29, 0.717) is 23.8 Å². The van der Waals surface area contributed by atoms with Gasteiger partial charge in [-0.25, -0.2) is 4.98 Å². The minimum atomic E-state index is -0.294. The largest absolute Gasteiger partial charge is 0.466 e. The molecule has 0 saturated heterocycles. The van der Waals surface area contributed by atoms with E-state index in [4.69, 9.17) is 4.74 Å². The van der Waals surface area contributed by atoms with Gasteiger partial charge in [0.15, 0.2) is 5.13 Å². The molecule has 156 valence electrons. The molecule has 0 aliphatic carbocycles. The average Bonchev–Trinajstić information content (AvgIpc) is 3.06. The highest BCUT2D eigenvalue weighted by atomic mass is 32.1. The van der Waals surface area contributed by atoms with Crippen molar-refractivity contribution < 1.29 is 14.3 Å². The van der Waals surface area contributed by atoms with Crippen LogP contribution >= 0.6 is 11.3 Å².